The van der Waals surface area contributed by atoms with Crippen LogP contribution in [0.3, 0.4) is 0 Å². The minimum absolute atomic E-state index is 0.0615. The second-order valence-electron chi connectivity index (χ2n) is 19.2. The van der Waals surface area contributed by atoms with Crippen LogP contribution in [0.4, 0.5) is 0 Å². The summed E-state index contributed by atoms with van der Waals surface area (Å²) in [6.07, 6.45) is 9.09. The molecule has 55 heavy (non-hydrogen) atoms. The molecule has 0 unspecified atom stereocenters. The molecule has 0 radical (unpaired) electrons. The van der Waals surface area contributed by atoms with Gasteiger partial charge in [-0.05, 0) is 76.6 Å². The van der Waals surface area contributed by atoms with Crippen LogP contribution in [0.25, 0.3) is 0 Å². The van der Waals surface area contributed by atoms with Gasteiger partial charge in [0.25, 0.3) is 0 Å². The lowest BCUT2D eigenvalue weighted by molar-refractivity contribution is 0.543. The molecule has 0 aromatic carbocycles. The molecular weight excluding hydrogens is 677 g/mol. The highest BCUT2D eigenvalue weighted by Crippen LogP contribution is 2.22. The van der Waals surface area contributed by atoms with Gasteiger partial charge in [-0.15, -0.1) is 0 Å². The topological polar surface area (TPSA) is 103 Å². The van der Waals surface area contributed by atoms with Crippen LogP contribution >= 0.6 is 0 Å². The van der Waals surface area contributed by atoms with Crippen LogP contribution in [0.5, 0.6) is 0 Å². The summed E-state index contributed by atoms with van der Waals surface area (Å²) in [6.45, 7) is 42.2. The molecule has 5 aromatic heterocycles. The van der Waals surface area contributed by atoms with Crippen LogP contribution in [-0.2, 0) is 27.1 Å². The number of aryl methyl sites for hydroxylation is 5. The average molecular weight is 749 g/mol. The Morgan fingerprint density at radius 2 is 0.873 bits per heavy atom. The quantitative estimate of drug-likeness (QED) is 0.154. The number of rotatable bonds is 0. The Bertz CT molecular complexity index is 1560. The van der Waals surface area contributed by atoms with Gasteiger partial charge in [-0.3, -0.25) is 19.9 Å². The van der Waals surface area contributed by atoms with Crippen LogP contribution in [0, 0.1) is 34.6 Å². The van der Waals surface area contributed by atoms with Gasteiger partial charge in [0.1, 0.15) is 11.6 Å². The molecule has 0 saturated carbocycles. The maximum absolute atomic E-state index is 4.44. The summed E-state index contributed by atoms with van der Waals surface area (Å²) >= 11 is 0. The van der Waals surface area contributed by atoms with Gasteiger partial charge in [0.05, 0.1) is 11.4 Å². The lowest BCUT2D eigenvalue weighted by Crippen LogP contribution is -2.15. The van der Waals surface area contributed by atoms with Gasteiger partial charge in [0.2, 0.25) is 0 Å². The molecule has 0 aliphatic rings. The average Bonchev–Trinajstić information content (AvgIpc) is 3.04. The maximum Gasteiger partial charge on any atom is 0.133 e. The molecule has 5 aromatic rings. The summed E-state index contributed by atoms with van der Waals surface area (Å²) in [5, 5.41) is 0. The number of nitrogens with zero attached hydrogens (tertiary/aromatic N) is 8. The Balaban J connectivity index is 0.000000344. The SMILES string of the molecule is Cc1cccc(C(C)(C)C)n1.Cc1ccnc(C(C)(C)C)c1.Cc1ccnc(C(C)(C)C)n1.Cc1cncc(C(C)(C)C)n1.Cc1nccc(C(C)(C)C)n1. The van der Waals surface area contributed by atoms with E-state index in [4.69, 9.17) is 0 Å². The molecular formula is C47H72N8. The second kappa shape index (κ2) is 20.5. The molecule has 5 rings (SSSR count). The Labute approximate surface area is 335 Å². The third-order valence-corrected chi connectivity index (χ3v) is 7.87. The van der Waals surface area contributed by atoms with E-state index in [1.807, 2.05) is 76.7 Å². The first-order valence-electron chi connectivity index (χ1n) is 19.3. The fourth-order valence-electron chi connectivity index (χ4n) is 4.42. The van der Waals surface area contributed by atoms with E-state index < -0.39 is 0 Å². The highest BCUT2D eigenvalue weighted by atomic mass is 14.9. The Morgan fingerprint density at radius 1 is 0.382 bits per heavy atom. The molecule has 8 nitrogen and oxygen atoms in total. The van der Waals surface area contributed by atoms with Gasteiger partial charge in [-0.25, -0.2) is 19.9 Å². The van der Waals surface area contributed by atoms with E-state index in [0.717, 1.165) is 51.5 Å². The third kappa shape index (κ3) is 19.6. The molecule has 0 aliphatic carbocycles. The first-order valence-corrected chi connectivity index (χ1v) is 19.3. The van der Waals surface area contributed by atoms with Gasteiger partial charge in [0, 0.05) is 86.5 Å². The molecule has 0 saturated heterocycles. The van der Waals surface area contributed by atoms with Crippen molar-refractivity contribution in [2.24, 2.45) is 0 Å². The smallest absolute Gasteiger partial charge is 0.133 e. The third-order valence-electron chi connectivity index (χ3n) is 7.87. The molecule has 0 atom stereocenters. The highest BCUT2D eigenvalue weighted by molar-refractivity contribution is 5.20. The predicted molar refractivity (Wildman–Crippen MR) is 232 cm³/mol. The fourth-order valence-corrected chi connectivity index (χ4v) is 4.42. The minimum Gasteiger partial charge on any atom is -0.261 e. The largest absolute Gasteiger partial charge is 0.261 e. The van der Waals surface area contributed by atoms with Gasteiger partial charge < -0.3 is 0 Å². The Hall–Kier alpha value is -4.46. The number of hydrogen-bond donors (Lipinski definition) is 0. The van der Waals surface area contributed by atoms with Crippen LogP contribution in [-0.4, -0.2) is 39.9 Å². The molecule has 300 valence electrons. The zero-order chi connectivity index (χ0) is 42.4. The zero-order valence-electron chi connectivity index (χ0n) is 38.0. The van der Waals surface area contributed by atoms with E-state index in [1.165, 1.54) is 5.56 Å². The van der Waals surface area contributed by atoms with Crippen molar-refractivity contribution in [1.29, 1.82) is 0 Å². The Morgan fingerprint density at radius 3 is 1.24 bits per heavy atom. The van der Waals surface area contributed by atoms with Crippen molar-refractivity contribution in [1.82, 2.24) is 39.9 Å². The van der Waals surface area contributed by atoms with Crippen molar-refractivity contribution in [2.45, 2.75) is 166 Å². The molecule has 0 aliphatic heterocycles. The van der Waals surface area contributed by atoms with Crippen molar-refractivity contribution in [3.8, 4) is 0 Å². The van der Waals surface area contributed by atoms with E-state index in [2.05, 4.69) is 169 Å². The van der Waals surface area contributed by atoms with Gasteiger partial charge >= 0.3 is 0 Å². The first kappa shape index (κ1) is 48.6. The molecule has 5 heterocycles. The molecule has 0 spiro atoms. The summed E-state index contributed by atoms with van der Waals surface area (Å²) in [7, 11) is 0. The van der Waals surface area contributed by atoms with E-state index in [1.54, 1.807) is 6.20 Å². The standard InChI is InChI=1S/2C10H15N.3C9H14N2/c1-8-5-6-11-9(7-8)10(2,3)4;1-8-6-5-7-9(11-8)10(2,3)4;1-7-5-10-6-8(11-7)9(2,3)4;1-7-10-6-5-8(11-7)9(2,3)4;1-7-5-6-10-8(11-7)9(2,3)4/h2*5-7H,1-4H3;3*5-6H,1-4H3. The van der Waals surface area contributed by atoms with Crippen molar-refractivity contribution >= 4 is 0 Å². The molecule has 0 N–H and O–H groups in total. The van der Waals surface area contributed by atoms with Gasteiger partial charge in [-0.2, -0.15) is 0 Å². The maximum atomic E-state index is 4.44. The molecule has 0 fully saturated rings. The van der Waals surface area contributed by atoms with E-state index in [9.17, 15) is 0 Å². The Kier molecular flexibility index (Phi) is 18.1. The van der Waals surface area contributed by atoms with E-state index in [-0.39, 0.29) is 27.1 Å². The molecule has 8 heteroatoms. The lowest BCUT2D eigenvalue weighted by Gasteiger charge is -2.17. The number of aromatic nitrogens is 8. The van der Waals surface area contributed by atoms with Crippen molar-refractivity contribution in [3.05, 3.63) is 131 Å². The minimum atomic E-state index is 0.0615. The summed E-state index contributed by atoms with van der Waals surface area (Å²) < 4.78 is 0. The summed E-state index contributed by atoms with van der Waals surface area (Å²) in [4.78, 5) is 34.1. The summed E-state index contributed by atoms with van der Waals surface area (Å²) in [5.41, 5.74) is 9.53. The van der Waals surface area contributed by atoms with Crippen LogP contribution in [0.15, 0.2) is 73.4 Å². The fraction of sp³-hybridized carbons (Fsp3) is 0.532. The van der Waals surface area contributed by atoms with Crippen LogP contribution < -0.4 is 0 Å². The summed E-state index contributed by atoms with van der Waals surface area (Å²) in [5.74, 6) is 1.76. The zero-order valence-corrected chi connectivity index (χ0v) is 38.0. The molecule has 0 amide bonds. The number of hydrogen-bond acceptors (Lipinski definition) is 8. The van der Waals surface area contributed by atoms with Crippen molar-refractivity contribution < 1.29 is 0 Å². The number of pyridine rings is 2. The highest BCUT2D eigenvalue weighted by Gasteiger charge is 2.18. The first-order chi connectivity index (χ1) is 25.0. The van der Waals surface area contributed by atoms with Crippen molar-refractivity contribution in [2.75, 3.05) is 0 Å². The monoisotopic (exact) mass is 749 g/mol. The normalized spacial score (nSPS) is 11.6. The second-order valence-corrected chi connectivity index (χ2v) is 19.2. The summed E-state index contributed by atoms with van der Waals surface area (Å²) in [6, 6.07) is 14.2. The van der Waals surface area contributed by atoms with E-state index in [0.29, 0.717) is 0 Å². The van der Waals surface area contributed by atoms with Gasteiger partial charge in [-0.1, -0.05) is 110 Å². The predicted octanol–water partition coefficient (Wildman–Crippen LogP) is 11.6. The van der Waals surface area contributed by atoms with Crippen molar-refractivity contribution in [3.63, 3.8) is 0 Å². The molecule has 0 bridgehead atoms. The lowest BCUT2D eigenvalue weighted by atomic mass is 9.91. The van der Waals surface area contributed by atoms with E-state index >= 15 is 0 Å². The van der Waals surface area contributed by atoms with Gasteiger partial charge in [0.15, 0.2) is 0 Å². The van der Waals surface area contributed by atoms with Crippen LogP contribution in [0.2, 0.25) is 0 Å². The van der Waals surface area contributed by atoms with Crippen LogP contribution in [0.1, 0.15) is 161 Å².